The van der Waals surface area contributed by atoms with Gasteiger partial charge in [-0.3, -0.25) is 4.79 Å². The molecule has 2 aromatic heterocycles. The van der Waals surface area contributed by atoms with Crippen LogP contribution >= 0.6 is 0 Å². The minimum absolute atomic E-state index is 0.0272. The largest absolute Gasteiger partial charge is 0.504 e. The zero-order valence-electron chi connectivity index (χ0n) is 18.6. The molecule has 2 aromatic carbocycles. The number of aromatic hydroxyl groups is 2. The van der Waals surface area contributed by atoms with Crippen LogP contribution in [0.15, 0.2) is 50.0 Å². The van der Waals surface area contributed by atoms with Gasteiger partial charge in [0.25, 0.3) is 0 Å². The fraction of sp³-hybridized carbons (Fsp3) is 0.250. The highest BCUT2D eigenvalue weighted by atomic mass is 16.7. The van der Waals surface area contributed by atoms with Gasteiger partial charge in [-0.25, -0.2) is 4.79 Å². The molecule has 1 saturated heterocycles. The Hall–Kier alpha value is -4.14. The van der Waals surface area contributed by atoms with Gasteiger partial charge in [0.15, 0.2) is 28.4 Å². The molecule has 0 radical (unpaired) electrons. The van der Waals surface area contributed by atoms with E-state index in [1.165, 1.54) is 6.07 Å². The van der Waals surface area contributed by atoms with E-state index in [1.54, 1.807) is 0 Å². The average Bonchev–Trinajstić information content (AvgIpc) is 2.86. The van der Waals surface area contributed by atoms with Gasteiger partial charge >= 0.3 is 5.97 Å². The molecule has 4 aromatic rings. The van der Waals surface area contributed by atoms with Gasteiger partial charge in [0, 0.05) is 29.1 Å². The van der Waals surface area contributed by atoms with Gasteiger partial charge in [0.2, 0.25) is 12.1 Å². The fourth-order valence-corrected chi connectivity index (χ4v) is 4.16. The molecular formula is C24H20O13. The number of ether oxygens (including phenoxy) is 2. The summed E-state index contributed by atoms with van der Waals surface area (Å²) in [6.45, 7) is -0.730. The van der Waals surface area contributed by atoms with Crippen LogP contribution in [0.3, 0.4) is 0 Å². The summed E-state index contributed by atoms with van der Waals surface area (Å²) < 4.78 is 22.6. The van der Waals surface area contributed by atoms with Gasteiger partial charge in [-0.05, 0) is 18.2 Å². The summed E-state index contributed by atoms with van der Waals surface area (Å²) in [5, 5.41) is 69.9. The van der Waals surface area contributed by atoms with Crippen LogP contribution in [0.1, 0.15) is 10.6 Å². The van der Waals surface area contributed by atoms with Gasteiger partial charge < -0.3 is 54.1 Å². The Morgan fingerprint density at radius 1 is 0.919 bits per heavy atom. The maximum atomic E-state index is 12.3. The molecule has 0 bridgehead atoms. The van der Waals surface area contributed by atoms with Crippen LogP contribution in [0.5, 0.6) is 17.2 Å². The Morgan fingerprint density at radius 2 is 1.62 bits per heavy atom. The first-order chi connectivity index (χ1) is 17.6. The van der Waals surface area contributed by atoms with E-state index >= 15 is 0 Å². The lowest BCUT2D eigenvalue weighted by atomic mass is 9.99. The highest BCUT2D eigenvalue weighted by molar-refractivity contribution is 6.11. The van der Waals surface area contributed by atoms with Crippen molar-refractivity contribution in [3.63, 3.8) is 0 Å². The monoisotopic (exact) mass is 516 g/mol. The second-order valence-corrected chi connectivity index (χ2v) is 8.40. The van der Waals surface area contributed by atoms with Crippen molar-refractivity contribution in [3.05, 3.63) is 52.4 Å². The minimum Gasteiger partial charge on any atom is -0.504 e. The predicted molar refractivity (Wildman–Crippen MR) is 122 cm³/mol. The molecule has 7 N–H and O–H groups in total. The molecule has 1 fully saturated rings. The van der Waals surface area contributed by atoms with E-state index in [0.29, 0.717) is 0 Å². The smallest absolute Gasteiger partial charge is 0.371 e. The molecule has 194 valence electrons. The number of aromatic carboxylic acids is 1. The quantitative estimate of drug-likeness (QED) is 0.180. The molecule has 0 amide bonds. The number of aliphatic hydroxyl groups is 4. The number of aliphatic hydroxyl groups excluding tert-OH is 4. The first-order valence-electron chi connectivity index (χ1n) is 10.9. The minimum atomic E-state index is -1.83. The molecule has 1 aliphatic heterocycles. The number of carbonyl (C=O) groups is 1. The molecule has 0 saturated carbocycles. The van der Waals surface area contributed by atoms with Gasteiger partial charge in [-0.1, -0.05) is 0 Å². The molecule has 37 heavy (non-hydrogen) atoms. The summed E-state index contributed by atoms with van der Waals surface area (Å²) in [5.74, 6) is -3.49. The molecule has 1 aliphatic rings. The summed E-state index contributed by atoms with van der Waals surface area (Å²) in [7, 11) is 0. The molecule has 5 atom stereocenters. The van der Waals surface area contributed by atoms with Crippen LogP contribution in [0, 0.1) is 0 Å². The number of rotatable bonds is 5. The van der Waals surface area contributed by atoms with Crippen LogP contribution in [0.4, 0.5) is 0 Å². The average molecular weight is 516 g/mol. The SMILES string of the molecule is O=C(O)c1cc2c(O[C@@H]3O[C@H](CO)[C@@H](O)[C@H](O)[C@H]3O)c(-c3ccc(O)c(O)c3)oc3cc(=O)cc(o1)c32. The lowest BCUT2D eigenvalue weighted by Gasteiger charge is -2.39. The number of carboxylic acids is 1. The molecular weight excluding hydrogens is 496 g/mol. The predicted octanol–water partition coefficient (Wildman–Crippen LogP) is 0.494. The molecule has 0 aliphatic carbocycles. The molecule has 5 rings (SSSR count). The molecule has 3 heterocycles. The highest BCUT2D eigenvalue weighted by Crippen LogP contribution is 2.44. The Bertz CT molecular complexity index is 1570. The topological polar surface area (TPSA) is 220 Å². The Kier molecular flexibility index (Phi) is 6.01. The van der Waals surface area contributed by atoms with E-state index in [1.807, 2.05) is 0 Å². The van der Waals surface area contributed by atoms with Crippen molar-refractivity contribution in [1.82, 2.24) is 0 Å². The van der Waals surface area contributed by atoms with E-state index in [4.69, 9.17) is 18.3 Å². The van der Waals surface area contributed by atoms with Gasteiger partial charge in [-0.15, -0.1) is 0 Å². The fourth-order valence-electron chi connectivity index (χ4n) is 4.16. The van der Waals surface area contributed by atoms with Crippen molar-refractivity contribution in [2.45, 2.75) is 30.7 Å². The van der Waals surface area contributed by atoms with Gasteiger partial charge in [0.1, 0.15) is 35.6 Å². The number of carboxylic acid groups (broad SMARTS) is 1. The Morgan fingerprint density at radius 3 is 2.27 bits per heavy atom. The number of benzene rings is 2. The first-order valence-corrected chi connectivity index (χ1v) is 10.9. The summed E-state index contributed by atoms with van der Waals surface area (Å²) in [6, 6.07) is 6.82. The van der Waals surface area contributed by atoms with Gasteiger partial charge in [0.05, 0.1) is 12.0 Å². The van der Waals surface area contributed by atoms with Gasteiger partial charge in [-0.2, -0.15) is 0 Å². The second kappa shape index (κ2) is 9.06. The van der Waals surface area contributed by atoms with Crippen LogP contribution in [0.25, 0.3) is 33.3 Å². The van der Waals surface area contributed by atoms with E-state index in [2.05, 4.69) is 0 Å². The van der Waals surface area contributed by atoms with E-state index in [9.17, 15) is 45.3 Å². The van der Waals surface area contributed by atoms with E-state index < -0.39 is 66.0 Å². The maximum Gasteiger partial charge on any atom is 0.371 e. The molecule has 0 spiro atoms. The van der Waals surface area contributed by atoms with Crippen molar-refractivity contribution < 1.29 is 58.8 Å². The summed E-state index contributed by atoms with van der Waals surface area (Å²) in [6.07, 6.45) is -8.28. The third-order valence-corrected chi connectivity index (χ3v) is 6.00. The van der Waals surface area contributed by atoms with Crippen molar-refractivity contribution in [2.24, 2.45) is 0 Å². The van der Waals surface area contributed by atoms with Crippen molar-refractivity contribution in [2.75, 3.05) is 6.61 Å². The Labute approximate surface area is 205 Å². The highest BCUT2D eigenvalue weighted by Gasteiger charge is 2.45. The van der Waals surface area contributed by atoms with Crippen LogP contribution < -0.4 is 10.2 Å². The van der Waals surface area contributed by atoms with E-state index in [0.717, 1.165) is 30.3 Å². The zero-order chi connectivity index (χ0) is 26.6. The Balaban J connectivity index is 1.81. The number of phenols is 2. The van der Waals surface area contributed by atoms with Crippen molar-refractivity contribution in [3.8, 4) is 28.6 Å². The molecule has 0 unspecified atom stereocenters. The third-order valence-electron chi connectivity index (χ3n) is 6.00. The zero-order valence-corrected chi connectivity index (χ0v) is 18.6. The normalized spacial score (nSPS) is 23.9. The lowest BCUT2D eigenvalue weighted by molar-refractivity contribution is -0.277. The van der Waals surface area contributed by atoms with Crippen molar-refractivity contribution in [1.29, 1.82) is 0 Å². The van der Waals surface area contributed by atoms with E-state index in [-0.39, 0.29) is 39.0 Å². The third kappa shape index (κ3) is 4.14. The maximum absolute atomic E-state index is 12.3. The van der Waals surface area contributed by atoms with Crippen LogP contribution in [-0.2, 0) is 4.74 Å². The summed E-state index contributed by atoms with van der Waals surface area (Å²) >= 11 is 0. The first kappa shape index (κ1) is 24.5. The molecule has 13 nitrogen and oxygen atoms in total. The van der Waals surface area contributed by atoms with Crippen LogP contribution in [-0.4, -0.2) is 79.0 Å². The lowest BCUT2D eigenvalue weighted by Crippen LogP contribution is -2.60. The second-order valence-electron chi connectivity index (χ2n) is 8.40. The summed E-state index contributed by atoms with van der Waals surface area (Å²) in [4.78, 5) is 24.0. The standard InChI is InChI=1S/C24H20O13/c25-7-16-18(29)19(30)20(31)24(36-16)37-22-10-6-15(23(32)33)34-13-4-9(26)5-14(17(10)13)35-21(22)8-1-2-11(27)12(28)3-8/h1-6,16,18-20,24-25,27-31H,7H2,(H,32,33)/t16-,18-,19+,20-,24+/m1/s1. The number of hydrogen-bond donors (Lipinski definition) is 7. The number of hydrogen-bond acceptors (Lipinski definition) is 12. The molecule has 13 heteroatoms. The summed E-state index contributed by atoms with van der Waals surface area (Å²) in [5.41, 5.74) is -0.657. The van der Waals surface area contributed by atoms with Crippen LogP contribution in [0.2, 0.25) is 0 Å². The number of phenolic OH excluding ortho intramolecular Hbond substituents is 2. The van der Waals surface area contributed by atoms with Crippen molar-refractivity contribution >= 4 is 27.9 Å².